The Morgan fingerprint density at radius 2 is 2.17 bits per heavy atom. The van der Waals surface area contributed by atoms with Crippen LogP contribution >= 0.6 is 0 Å². The second-order valence-electron chi connectivity index (χ2n) is 4.45. The molecule has 3 N–H and O–H groups in total. The third kappa shape index (κ3) is 2.51. The van der Waals surface area contributed by atoms with E-state index in [1.807, 2.05) is 24.3 Å². The molecule has 18 heavy (non-hydrogen) atoms. The fourth-order valence-corrected chi connectivity index (χ4v) is 2.11. The van der Waals surface area contributed by atoms with Gasteiger partial charge in [-0.3, -0.25) is 9.59 Å². The molecule has 1 aromatic rings. The molecule has 0 saturated carbocycles. The van der Waals surface area contributed by atoms with E-state index in [0.29, 0.717) is 6.54 Å². The summed E-state index contributed by atoms with van der Waals surface area (Å²) in [6, 6.07) is 6.85. The molecule has 1 aliphatic heterocycles. The van der Waals surface area contributed by atoms with Crippen LogP contribution in [0.5, 0.6) is 0 Å². The van der Waals surface area contributed by atoms with Crippen molar-refractivity contribution in [3.8, 4) is 0 Å². The van der Waals surface area contributed by atoms with Crippen molar-refractivity contribution in [1.29, 1.82) is 0 Å². The molecule has 0 aliphatic carbocycles. The van der Waals surface area contributed by atoms with E-state index in [-0.39, 0.29) is 11.8 Å². The van der Waals surface area contributed by atoms with E-state index in [4.69, 9.17) is 5.11 Å². The number of carbonyl (C=O) groups is 2. The van der Waals surface area contributed by atoms with Crippen LogP contribution < -0.4 is 10.6 Å². The summed E-state index contributed by atoms with van der Waals surface area (Å²) in [5.74, 6) is -1.60. The number of hydrogen-bond donors (Lipinski definition) is 3. The minimum absolute atomic E-state index is 0.246. The first-order valence-corrected chi connectivity index (χ1v) is 5.91. The highest BCUT2D eigenvalue weighted by molar-refractivity contribution is 5.88. The lowest BCUT2D eigenvalue weighted by Crippen LogP contribution is -2.44. The number of benzene rings is 1. The SMILES string of the molecule is CC(NC(=O)C1CNCc2ccccc21)C(=O)O. The van der Waals surface area contributed by atoms with Gasteiger partial charge in [-0.1, -0.05) is 24.3 Å². The minimum Gasteiger partial charge on any atom is -0.480 e. The predicted molar refractivity (Wildman–Crippen MR) is 66.1 cm³/mol. The van der Waals surface area contributed by atoms with Crippen LogP contribution in [-0.4, -0.2) is 29.6 Å². The third-order valence-electron chi connectivity index (χ3n) is 3.14. The number of carbonyl (C=O) groups excluding carboxylic acids is 1. The summed E-state index contributed by atoms with van der Waals surface area (Å²) in [5.41, 5.74) is 2.07. The summed E-state index contributed by atoms with van der Waals surface area (Å²) < 4.78 is 0. The summed E-state index contributed by atoms with van der Waals surface area (Å²) in [6.45, 7) is 2.74. The lowest BCUT2D eigenvalue weighted by molar-refractivity contribution is -0.141. The van der Waals surface area contributed by atoms with Crippen LogP contribution in [0, 0.1) is 0 Å². The molecule has 0 bridgehead atoms. The second-order valence-corrected chi connectivity index (χ2v) is 4.45. The van der Waals surface area contributed by atoms with E-state index in [1.54, 1.807) is 0 Å². The minimum atomic E-state index is -1.03. The van der Waals surface area contributed by atoms with Crippen molar-refractivity contribution in [3.63, 3.8) is 0 Å². The molecule has 1 aromatic carbocycles. The molecular weight excluding hydrogens is 232 g/mol. The molecule has 1 heterocycles. The van der Waals surface area contributed by atoms with Crippen LogP contribution in [-0.2, 0) is 16.1 Å². The van der Waals surface area contributed by atoms with Gasteiger partial charge in [-0.2, -0.15) is 0 Å². The Balaban J connectivity index is 2.15. The smallest absolute Gasteiger partial charge is 0.325 e. The van der Waals surface area contributed by atoms with E-state index < -0.39 is 12.0 Å². The maximum Gasteiger partial charge on any atom is 0.325 e. The Morgan fingerprint density at radius 1 is 1.44 bits per heavy atom. The van der Waals surface area contributed by atoms with Crippen molar-refractivity contribution in [2.75, 3.05) is 6.54 Å². The highest BCUT2D eigenvalue weighted by Crippen LogP contribution is 2.23. The molecule has 5 heteroatoms. The van der Waals surface area contributed by atoms with Gasteiger partial charge in [0.2, 0.25) is 5.91 Å². The van der Waals surface area contributed by atoms with E-state index in [1.165, 1.54) is 6.92 Å². The van der Waals surface area contributed by atoms with Crippen molar-refractivity contribution in [1.82, 2.24) is 10.6 Å². The van der Waals surface area contributed by atoms with E-state index >= 15 is 0 Å². The summed E-state index contributed by atoms with van der Waals surface area (Å²) >= 11 is 0. The Labute approximate surface area is 105 Å². The molecule has 0 spiro atoms. The Hall–Kier alpha value is -1.88. The van der Waals surface area contributed by atoms with Crippen LogP contribution in [0.1, 0.15) is 24.0 Å². The summed E-state index contributed by atoms with van der Waals surface area (Å²) in [6.07, 6.45) is 0. The largest absolute Gasteiger partial charge is 0.480 e. The quantitative estimate of drug-likeness (QED) is 0.726. The van der Waals surface area contributed by atoms with Crippen molar-refractivity contribution < 1.29 is 14.7 Å². The second kappa shape index (κ2) is 5.18. The van der Waals surface area contributed by atoms with Crippen molar-refractivity contribution in [2.24, 2.45) is 0 Å². The Morgan fingerprint density at radius 3 is 2.89 bits per heavy atom. The van der Waals surface area contributed by atoms with Gasteiger partial charge in [0.1, 0.15) is 6.04 Å². The maximum atomic E-state index is 12.1. The predicted octanol–water partition coefficient (Wildman–Crippen LogP) is 0.463. The zero-order valence-electron chi connectivity index (χ0n) is 10.1. The number of rotatable bonds is 3. The van der Waals surface area contributed by atoms with E-state index in [9.17, 15) is 9.59 Å². The first kappa shape index (κ1) is 12.6. The number of carboxylic acid groups (broad SMARTS) is 1. The van der Waals surface area contributed by atoms with Gasteiger partial charge < -0.3 is 15.7 Å². The Kier molecular flexibility index (Phi) is 3.62. The molecule has 96 valence electrons. The number of hydrogen-bond acceptors (Lipinski definition) is 3. The van der Waals surface area contributed by atoms with Gasteiger partial charge >= 0.3 is 5.97 Å². The van der Waals surface area contributed by atoms with E-state index in [2.05, 4.69) is 10.6 Å². The van der Waals surface area contributed by atoms with Crippen LogP contribution in [0.25, 0.3) is 0 Å². The van der Waals surface area contributed by atoms with Crippen LogP contribution in [0.15, 0.2) is 24.3 Å². The van der Waals surface area contributed by atoms with Gasteiger partial charge in [0, 0.05) is 13.1 Å². The molecule has 1 aliphatic rings. The van der Waals surface area contributed by atoms with Crippen LogP contribution in [0.3, 0.4) is 0 Å². The molecule has 2 atom stereocenters. The number of fused-ring (bicyclic) bond motifs is 1. The number of amides is 1. The third-order valence-corrected chi connectivity index (χ3v) is 3.14. The van der Waals surface area contributed by atoms with Gasteiger partial charge in [0.05, 0.1) is 5.92 Å². The summed E-state index contributed by atoms with van der Waals surface area (Å²) in [7, 11) is 0. The van der Waals surface area contributed by atoms with Gasteiger partial charge in [0.25, 0.3) is 0 Å². The molecule has 2 rings (SSSR count). The first-order valence-electron chi connectivity index (χ1n) is 5.91. The number of carboxylic acids is 1. The molecule has 2 unspecified atom stereocenters. The first-order chi connectivity index (χ1) is 8.59. The zero-order valence-corrected chi connectivity index (χ0v) is 10.1. The fourth-order valence-electron chi connectivity index (χ4n) is 2.11. The highest BCUT2D eigenvalue weighted by atomic mass is 16.4. The topological polar surface area (TPSA) is 78.4 Å². The number of nitrogens with one attached hydrogen (secondary N) is 2. The van der Waals surface area contributed by atoms with Crippen molar-refractivity contribution in [3.05, 3.63) is 35.4 Å². The Bertz CT molecular complexity index is 473. The molecule has 5 nitrogen and oxygen atoms in total. The lowest BCUT2D eigenvalue weighted by Gasteiger charge is -2.26. The normalized spacial score (nSPS) is 19.7. The average molecular weight is 248 g/mol. The average Bonchev–Trinajstić information content (AvgIpc) is 2.37. The van der Waals surface area contributed by atoms with Gasteiger partial charge in [-0.05, 0) is 18.1 Å². The van der Waals surface area contributed by atoms with Gasteiger partial charge in [-0.15, -0.1) is 0 Å². The fraction of sp³-hybridized carbons (Fsp3) is 0.385. The lowest BCUT2D eigenvalue weighted by atomic mass is 9.90. The summed E-state index contributed by atoms with van der Waals surface area (Å²) in [4.78, 5) is 22.8. The highest BCUT2D eigenvalue weighted by Gasteiger charge is 2.27. The van der Waals surface area contributed by atoms with E-state index in [0.717, 1.165) is 17.7 Å². The van der Waals surface area contributed by atoms with Crippen LogP contribution in [0.4, 0.5) is 0 Å². The maximum absolute atomic E-state index is 12.1. The monoisotopic (exact) mass is 248 g/mol. The molecular formula is C13H16N2O3. The number of aliphatic carboxylic acids is 1. The van der Waals surface area contributed by atoms with Gasteiger partial charge in [0.15, 0.2) is 0 Å². The van der Waals surface area contributed by atoms with Crippen LogP contribution in [0.2, 0.25) is 0 Å². The standard InChI is InChI=1S/C13H16N2O3/c1-8(13(17)18)15-12(16)11-7-14-6-9-4-2-3-5-10(9)11/h2-5,8,11,14H,6-7H2,1H3,(H,15,16)(H,17,18). The molecule has 0 saturated heterocycles. The molecule has 0 aromatic heterocycles. The van der Waals surface area contributed by atoms with Crippen molar-refractivity contribution >= 4 is 11.9 Å². The zero-order chi connectivity index (χ0) is 13.1. The van der Waals surface area contributed by atoms with Gasteiger partial charge in [-0.25, -0.2) is 0 Å². The molecule has 0 fully saturated rings. The summed E-state index contributed by atoms with van der Waals surface area (Å²) in [5, 5.41) is 14.5. The van der Waals surface area contributed by atoms with Crippen molar-refractivity contribution in [2.45, 2.75) is 25.4 Å². The molecule has 0 radical (unpaired) electrons. The molecule has 1 amide bonds.